The van der Waals surface area contributed by atoms with Crippen molar-refractivity contribution in [3.05, 3.63) is 0 Å². The summed E-state index contributed by atoms with van der Waals surface area (Å²) in [6.07, 6.45) is -1.28. The minimum atomic E-state index is -1.28. The fraction of sp³-hybridized carbons (Fsp3) is 0.800. The highest BCUT2D eigenvalue weighted by Crippen LogP contribution is 2.16. The maximum absolute atomic E-state index is 11.4. The second kappa shape index (κ2) is 5.70. The summed E-state index contributed by atoms with van der Waals surface area (Å²) >= 11 is 0. The van der Waals surface area contributed by atoms with Crippen LogP contribution in [-0.4, -0.2) is 31.9 Å². The first-order valence-corrected chi connectivity index (χ1v) is 4.73. The van der Waals surface area contributed by atoms with Crippen molar-refractivity contribution in [3.8, 4) is 0 Å². The first-order valence-electron chi connectivity index (χ1n) is 4.73. The molecule has 0 heterocycles. The lowest BCUT2D eigenvalue weighted by atomic mass is 9.97. The Morgan fingerprint density at radius 1 is 1.27 bits per heavy atom. The Morgan fingerprint density at radius 2 is 1.80 bits per heavy atom. The van der Waals surface area contributed by atoms with E-state index in [0.29, 0.717) is 0 Å². The molecule has 0 aromatic heterocycles. The Balaban J connectivity index is 4.34. The van der Waals surface area contributed by atoms with Crippen LogP contribution in [0.3, 0.4) is 0 Å². The van der Waals surface area contributed by atoms with E-state index in [-0.39, 0.29) is 6.61 Å². The SMILES string of the molecule is CCOC(=O)C(OC)OC(=O)C(C)(C)C. The van der Waals surface area contributed by atoms with Gasteiger partial charge in [0.1, 0.15) is 0 Å². The summed E-state index contributed by atoms with van der Waals surface area (Å²) in [6.45, 7) is 6.94. The maximum atomic E-state index is 11.4. The number of methoxy groups -OCH3 is 1. The summed E-state index contributed by atoms with van der Waals surface area (Å²) in [4.78, 5) is 22.6. The molecule has 0 radical (unpaired) electrons. The van der Waals surface area contributed by atoms with Crippen molar-refractivity contribution in [2.45, 2.75) is 34.0 Å². The Hall–Kier alpha value is -1.10. The van der Waals surface area contributed by atoms with Gasteiger partial charge in [0, 0.05) is 7.11 Å². The Labute approximate surface area is 89.7 Å². The summed E-state index contributed by atoms with van der Waals surface area (Å²) in [7, 11) is 1.28. The third kappa shape index (κ3) is 4.78. The molecule has 0 N–H and O–H groups in total. The quantitative estimate of drug-likeness (QED) is 0.522. The van der Waals surface area contributed by atoms with Crippen LogP contribution in [0.25, 0.3) is 0 Å². The zero-order valence-electron chi connectivity index (χ0n) is 9.83. The van der Waals surface area contributed by atoms with Gasteiger partial charge in [-0.25, -0.2) is 4.79 Å². The normalized spacial score (nSPS) is 13.1. The summed E-state index contributed by atoms with van der Waals surface area (Å²) in [5.41, 5.74) is -0.677. The Kier molecular flexibility index (Phi) is 5.28. The van der Waals surface area contributed by atoms with Gasteiger partial charge in [-0.05, 0) is 27.7 Å². The second-order valence-corrected chi connectivity index (χ2v) is 3.97. The summed E-state index contributed by atoms with van der Waals surface area (Å²) in [5, 5.41) is 0. The van der Waals surface area contributed by atoms with Gasteiger partial charge in [-0.2, -0.15) is 0 Å². The maximum Gasteiger partial charge on any atom is 0.376 e. The van der Waals surface area contributed by atoms with Crippen molar-refractivity contribution in [1.29, 1.82) is 0 Å². The highest BCUT2D eigenvalue weighted by atomic mass is 16.7. The number of hydrogen-bond donors (Lipinski definition) is 0. The van der Waals surface area contributed by atoms with Crippen LogP contribution in [-0.2, 0) is 23.8 Å². The third-order valence-electron chi connectivity index (χ3n) is 1.52. The van der Waals surface area contributed by atoms with Crippen LogP contribution >= 0.6 is 0 Å². The molecular formula is C10H18O5. The number of carbonyl (C=O) groups is 2. The number of carbonyl (C=O) groups excluding carboxylic acids is 2. The van der Waals surface area contributed by atoms with Crippen molar-refractivity contribution in [3.63, 3.8) is 0 Å². The van der Waals surface area contributed by atoms with Crippen LogP contribution in [0.2, 0.25) is 0 Å². The van der Waals surface area contributed by atoms with Crippen molar-refractivity contribution in [1.82, 2.24) is 0 Å². The van der Waals surface area contributed by atoms with E-state index in [2.05, 4.69) is 4.74 Å². The van der Waals surface area contributed by atoms with Crippen LogP contribution in [0.15, 0.2) is 0 Å². The van der Waals surface area contributed by atoms with Crippen LogP contribution in [0, 0.1) is 5.41 Å². The number of hydrogen-bond acceptors (Lipinski definition) is 5. The fourth-order valence-corrected chi connectivity index (χ4v) is 0.677. The molecule has 0 spiro atoms. The number of rotatable bonds is 4. The van der Waals surface area contributed by atoms with E-state index in [0.717, 1.165) is 0 Å². The zero-order chi connectivity index (χ0) is 12.1. The molecule has 0 saturated heterocycles. The van der Waals surface area contributed by atoms with Crippen molar-refractivity contribution in [2.75, 3.05) is 13.7 Å². The largest absolute Gasteiger partial charge is 0.461 e. The standard InChI is InChI=1S/C10H18O5/c1-6-14-7(11)8(13-5)15-9(12)10(2,3)4/h8H,6H2,1-5H3. The average molecular weight is 218 g/mol. The predicted molar refractivity (Wildman–Crippen MR) is 53.0 cm³/mol. The second-order valence-electron chi connectivity index (χ2n) is 3.97. The molecule has 0 aliphatic carbocycles. The molecule has 0 bridgehead atoms. The molecule has 0 aliphatic heterocycles. The molecule has 0 aliphatic rings. The predicted octanol–water partition coefficient (Wildman–Crippen LogP) is 1.11. The van der Waals surface area contributed by atoms with E-state index in [9.17, 15) is 9.59 Å². The lowest BCUT2D eigenvalue weighted by Crippen LogP contribution is -2.35. The van der Waals surface area contributed by atoms with Gasteiger partial charge >= 0.3 is 18.2 Å². The molecule has 0 rings (SSSR count). The molecule has 5 nitrogen and oxygen atoms in total. The van der Waals surface area contributed by atoms with Gasteiger partial charge in [0.25, 0.3) is 0 Å². The molecule has 0 saturated carbocycles. The van der Waals surface area contributed by atoms with Crippen LogP contribution in [0.1, 0.15) is 27.7 Å². The molecule has 1 atom stereocenters. The van der Waals surface area contributed by atoms with E-state index in [1.54, 1.807) is 27.7 Å². The van der Waals surface area contributed by atoms with Gasteiger partial charge in [-0.15, -0.1) is 0 Å². The first-order chi connectivity index (χ1) is 6.82. The average Bonchev–Trinajstić information content (AvgIpc) is 2.12. The number of ether oxygens (including phenoxy) is 3. The molecule has 5 heteroatoms. The Morgan fingerprint density at radius 3 is 2.13 bits per heavy atom. The van der Waals surface area contributed by atoms with Crippen LogP contribution in [0.5, 0.6) is 0 Å². The van der Waals surface area contributed by atoms with Gasteiger partial charge in [0.15, 0.2) is 0 Å². The summed E-state index contributed by atoms with van der Waals surface area (Å²) in [5.74, 6) is -1.21. The molecule has 0 aromatic rings. The summed E-state index contributed by atoms with van der Waals surface area (Å²) in [6, 6.07) is 0. The minimum absolute atomic E-state index is 0.214. The third-order valence-corrected chi connectivity index (χ3v) is 1.52. The Bertz CT molecular complexity index is 228. The summed E-state index contributed by atoms with van der Waals surface area (Å²) < 4.78 is 14.2. The van der Waals surface area contributed by atoms with Crippen LogP contribution < -0.4 is 0 Å². The van der Waals surface area contributed by atoms with Crippen molar-refractivity contribution >= 4 is 11.9 Å². The van der Waals surface area contributed by atoms with E-state index in [1.165, 1.54) is 7.11 Å². The van der Waals surface area contributed by atoms with E-state index in [4.69, 9.17) is 9.47 Å². The van der Waals surface area contributed by atoms with Gasteiger partial charge in [-0.3, -0.25) is 4.79 Å². The van der Waals surface area contributed by atoms with Gasteiger partial charge in [-0.1, -0.05) is 0 Å². The highest BCUT2D eigenvalue weighted by Gasteiger charge is 2.30. The van der Waals surface area contributed by atoms with Gasteiger partial charge < -0.3 is 14.2 Å². The lowest BCUT2D eigenvalue weighted by molar-refractivity contribution is -0.200. The van der Waals surface area contributed by atoms with Crippen molar-refractivity contribution < 1.29 is 23.8 Å². The highest BCUT2D eigenvalue weighted by molar-refractivity contribution is 5.80. The zero-order valence-corrected chi connectivity index (χ0v) is 9.83. The first kappa shape index (κ1) is 13.9. The van der Waals surface area contributed by atoms with E-state index in [1.807, 2.05) is 0 Å². The molecule has 1 unspecified atom stereocenters. The molecule has 0 aromatic carbocycles. The molecular weight excluding hydrogens is 200 g/mol. The van der Waals surface area contributed by atoms with Crippen molar-refractivity contribution in [2.24, 2.45) is 5.41 Å². The fourth-order valence-electron chi connectivity index (χ4n) is 0.677. The van der Waals surface area contributed by atoms with E-state index < -0.39 is 23.6 Å². The van der Waals surface area contributed by atoms with Gasteiger partial charge in [0.2, 0.25) is 0 Å². The smallest absolute Gasteiger partial charge is 0.376 e. The molecule has 88 valence electrons. The molecule has 0 fully saturated rings. The molecule has 0 amide bonds. The monoisotopic (exact) mass is 218 g/mol. The van der Waals surface area contributed by atoms with E-state index >= 15 is 0 Å². The molecule has 15 heavy (non-hydrogen) atoms. The lowest BCUT2D eigenvalue weighted by Gasteiger charge is -2.20. The number of esters is 2. The minimum Gasteiger partial charge on any atom is -0.461 e. The topological polar surface area (TPSA) is 61.8 Å². The van der Waals surface area contributed by atoms with Gasteiger partial charge in [0.05, 0.1) is 12.0 Å². The van der Waals surface area contributed by atoms with Crippen LogP contribution in [0.4, 0.5) is 0 Å².